The molecule has 0 aliphatic carbocycles. The van der Waals surface area contributed by atoms with Crippen LogP contribution in [0, 0.1) is 6.92 Å². The Morgan fingerprint density at radius 2 is 2.12 bits per heavy atom. The summed E-state index contributed by atoms with van der Waals surface area (Å²) in [7, 11) is 0. The van der Waals surface area contributed by atoms with Crippen LogP contribution in [0.5, 0.6) is 0 Å². The van der Waals surface area contributed by atoms with Crippen molar-refractivity contribution in [2.24, 2.45) is 0 Å². The number of hydrogen-bond acceptors (Lipinski definition) is 6. The molecule has 2 saturated heterocycles. The monoisotopic (exact) mass is 325 g/mol. The molecule has 2 fully saturated rings. The Morgan fingerprint density at radius 3 is 2.88 bits per heavy atom. The Bertz CT molecular complexity index is 722. The van der Waals surface area contributed by atoms with E-state index in [1.807, 2.05) is 30.0 Å². The molecule has 2 aromatic heterocycles. The highest BCUT2D eigenvalue weighted by atomic mass is 16.5. The Hall–Kier alpha value is -2.54. The fraction of sp³-hybridized carbons (Fsp3) is 0.412. The molecule has 0 aromatic carbocycles. The van der Waals surface area contributed by atoms with Crippen LogP contribution in [0.4, 0.5) is 5.82 Å². The molecule has 2 aliphatic heterocycles. The number of nitrogens with zero attached hydrogens (tertiary/aromatic N) is 5. The highest BCUT2D eigenvalue weighted by Crippen LogP contribution is 2.27. The Morgan fingerprint density at radius 1 is 1.21 bits per heavy atom. The molecule has 2 atom stereocenters. The molecule has 0 N–H and O–H groups in total. The molecular formula is C17H19N5O2. The standard InChI is InChI=1S/C17H19N5O2/c1-12-5-6-16(20-19-12)22-8-9-24-15-11-21(10-14(15)22)17(23)13-4-2-3-7-18-13/h2-7,14-15H,8-11H2,1H3/t14-,15-/m0/s1. The van der Waals surface area contributed by atoms with E-state index in [2.05, 4.69) is 20.1 Å². The van der Waals surface area contributed by atoms with E-state index in [0.29, 0.717) is 25.4 Å². The van der Waals surface area contributed by atoms with Crippen molar-refractivity contribution in [1.82, 2.24) is 20.1 Å². The fourth-order valence-electron chi connectivity index (χ4n) is 3.33. The molecule has 7 nitrogen and oxygen atoms in total. The number of ether oxygens (including phenoxy) is 1. The molecule has 0 radical (unpaired) electrons. The summed E-state index contributed by atoms with van der Waals surface area (Å²) in [5.74, 6) is 0.787. The number of hydrogen-bond donors (Lipinski definition) is 0. The van der Waals surface area contributed by atoms with Gasteiger partial charge < -0.3 is 14.5 Å². The number of amides is 1. The number of carbonyl (C=O) groups excluding carboxylic acids is 1. The summed E-state index contributed by atoms with van der Waals surface area (Å²) in [5, 5.41) is 8.44. The first-order valence-electron chi connectivity index (χ1n) is 8.11. The normalized spacial score (nSPS) is 23.2. The Kier molecular flexibility index (Phi) is 3.86. The smallest absolute Gasteiger partial charge is 0.272 e. The zero-order chi connectivity index (χ0) is 16.5. The molecule has 4 heterocycles. The summed E-state index contributed by atoms with van der Waals surface area (Å²) in [6, 6.07) is 9.42. The van der Waals surface area contributed by atoms with Crippen molar-refractivity contribution < 1.29 is 9.53 Å². The maximum absolute atomic E-state index is 12.6. The van der Waals surface area contributed by atoms with Crippen molar-refractivity contribution in [3.8, 4) is 0 Å². The lowest BCUT2D eigenvalue weighted by molar-refractivity contribution is 0.0298. The third-order valence-corrected chi connectivity index (χ3v) is 4.55. The van der Waals surface area contributed by atoms with E-state index in [-0.39, 0.29) is 18.1 Å². The van der Waals surface area contributed by atoms with Crippen molar-refractivity contribution in [3.63, 3.8) is 0 Å². The van der Waals surface area contributed by atoms with Crippen LogP contribution in [0.25, 0.3) is 0 Å². The minimum atomic E-state index is -0.0523. The number of aromatic nitrogens is 3. The number of rotatable bonds is 2. The maximum Gasteiger partial charge on any atom is 0.272 e. The van der Waals surface area contributed by atoms with Crippen molar-refractivity contribution >= 4 is 11.7 Å². The third kappa shape index (κ3) is 2.71. The van der Waals surface area contributed by atoms with Gasteiger partial charge >= 0.3 is 0 Å². The second kappa shape index (κ2) is 6.16. The van der Waals surface area contributed by atoms with Gasteiger partial charge in [-0.1, -0.05) is 6.07 Å². The van der Waals surface area contributed by atoms with Gasteiger partial charge in [0.1, 0.15) is 5.69 Å². The summed E-state index contributed by atoms with van der Waals surface area (Å²) in [5.41, 5.74) is 1.36. The molecule has 0 spiro atoms. The number of morpholine rings is 1. The molecule has 2 aliphatic rings. The van der Waals surface area contributed by atoms with Crippen LogP contribution in [0.1, 0.15) is 16.2 Å². The minimum Gasteiger partial charge on any atom is -0.372 e. The lowest BCUT2D eigenvalue weighted by atomic mass is 10.1. The average Bonchev–Trinajstić information content (AvgIpc) is 3.07. The number of anilines is 1. The summed E-state index contributed by atoms with van der Waals surface area (Å²) >= 11 is 0. The fourth-order valence-corrected chi connectivity index (χ4v) is 3.33. The van der Waals surface area contributed by atoms with E-state index >= 15 is 0 Å². The molecule has 0 bridgehead atoms. The van der Waals surface area contributed by atoms with Gasteiger partial charge in [-0.25, -0.2) is 0 Å². The van der Waals surface area contributed by atoms with Gasteiger partial charge in [-0.2, -0.15) is 5.10 Å². The highest BCUT2D eigenvalue weighted by molar-refractivity contribution is 5.92. The highest BCUT2D eigenvalue weighted by Gasteiger charge is 2.42. The predicted molar refractivity (Wildman–Crippen MR) is 87.8 cm³/mol. The predicted octanol–water partition coefficient (Wildman–Crippen LogP) is 0.910. The molecule has 124 valence electrons. The van der Waals surface area contributed by atoms with E-state index in [1.165, 1.54) is 0 Å². The molecule has 7 heteroatoms. The van der Waals surface area contributed by atoms with E-state index < -0.39 is 0 Å². The van der Waals surface area contributed by atoms with Crippen LogP contribution in [-0.2, 0) is 4.74 Å². The number of carbonyl (C=O) groups is 1. The van der Waals surface area contributed by atoms with Crippen molar-refractivity contribution in [2.45, 2.75) is 19.1 Å². The number of pyridine rings is 1. The minimum absolute atomic E-state index is 0.00508. The van der Waals surface area contributed by atoms with E-state index in [9.17, 15) is 4.79 Å². The summed E-state index contributed by atoms with van der Waals surface area (Å²) in [6.07, 6.45) is 1.63. The number of likely N-dealkylation sites (tertiary alicyclic amines) is 1. The van der Waals surface area contributed by atoms with Crippen LogP contribution in [-0.4, -0.2) is 64.4 Å². The Labute approximate surface area is 140 Å². The third-order valence-electron chi connectivity index (χ3n) is 4.55. The van der Waals surface area contributed by atoms with Gasteiger partial charge in [0, 0.05) is 25.8 Å². The zero-order valence-corrected chi connectivity index (χ0v) is 13.5. The first-order chi connectivity index (χ1) is 11.7. The first-order valence-corrected chi connectivity index (χ1v) is 8.11. The molecule has 4 rings (SSSR count). The summed E-state index contributed by atoms with van der Waals surface area (Å²) in [6.45, 7) is 4.49. The van der Waals surface area contributed by atoms with E-state index in [1.54, 1.807) is 18.3 Å². The molecule has 24 heavy (non-hydrogen) atoms. The first kappa shape index (κ1) is 15.0. The largest absolute Gasteiger partial charge is 0.372 e. The lowest BCUT2D eigenvalue weighted by Gasteiger charge is -2.37. The van der Waals surface area contributed by atoms with Gasteiger partial charge in [0.2, 0.25) is 0 Å². The summed E-state index contributed by atoms with van der Waals surface area (Å²) in [4.78, 5) is 20.8. The lowest BCUT2D eigenvalue weighted by Crippen LogP contribution is -2.51. The van der Waals surface area contributed by atoms with E-state index in [4.69, 9.17) is 4.74 Å². The summed E-state index contributed by atoms with van der Waals surface area (Å²) < 4.78 is 5.89. The molecular weight excluding hydrogens is 306 g/mol. The molecule has 2 aromatic rings. The topological polar surface area (TPSA) is 71.5 Å². The van der Waals surface area contributed by atoms with Gasteiger partial charge in [0.15, 0.2) is 5.82 Å². The van der Waals surface area contributed by atoms with Crippen LogP contribution in [0.15, 0.2) is 36.5 Å². The van der Waals surface area contributed by atoms with Gasteiger partial charge in [-0.15, -0.1) is 5.10 Å². The number of aryl methyl sites for hydroxylation is 1. The Balaban J connectivity index is 1.54. The van der Waals surface area contributed by atoms with Gasteiger partial charge in [0.05, 0.1) is 24.4 Å². The van der Waals surface area contributed by atoms with Gasteiger partial charge in [0.25, 0.3) is 5.91 Å². The van der Waals surface area contributed by atoms with E-state index in [0.717, 1.165) is 18.1 Å². The van der Waals surface area contributed by atoms with Crippen LogP contribution < -0.4 is 4.90 Å². The molecule has 0 unspecified atom stereocenters. The SMILES string of the molecule is Cc1ccc(N2CCO[C@H]3CN(C(=O)c4ccccn4)C[C@@H]32)nn1. The van der Waals surface area contributed by atoms with Crippen LogP contribution in [0.3, 0.4) is 0 Å². The van der Waals surface area contributed by atoms with Crippen molar-refractivity contribution in [1.29, 1.82) is 0 Å². The average molecular weight is 325 g/mol. The maximum atomic E-state index is 12.6. The van der Waals surface area contributed by atoms with Crippen molar-refractivity contribution in [3.05, 3.63) is 47.9 Å². The molecule has 0 saturated carbocycles. The molecule has 1 amide bonds. The zero-order valence-electron chi connectivity index (χ0n) is 13.5. The van der Waals surface area contributed by atoms with Gasteiger partial charge in [-0.05, 0) is 31.2 Å². The van der Waals surface area contributed by atoms with Crippen LogP contribution >= 0.6 is 0 Å². The second-order valence-corrected chi connectivity index (χ2v) is 6.13. The second-order valence-electron chi connectivity index (χ2n) is 6.13. The van der Waals surface area contributed by atoms with Gasteiger partial charge in [-0.3, -0.25) is 9.78 Å². The quantitative estimate of drug-likeness (QED) is 0.817. The van der Waals surface area contributed by atoms with Crippen LogP contribution in [0.2, 0.25) is 0 Å². The van der Waals surface area contributed by atoms with Crippen molar-refractivity contribution in [2.75, 3.05) is 31.1 Å². The number of fused-ring (bicyclic) bond motifs is 1.